The van der Waals surface area contributed by atoms with Gasteiger partial charge in [0.1, 0.15) is 0 Å². The normalized spacial score (nSPS) is 16.1. The van der Waals surface area contributed by atoms with E-state index in [1.165, 1.54) is 12.8 Å². The lowest BCUT2D eigenvalue weighted by Crippen LogP contribution is -2.36. The van der Waals surface area contributed by atoms with E-state index < -0.39 is 0 Å². The standard InChI is InChI=1S/C23H48O2/c1-11-23(12-2,24-15-13-19(3)17-21(5,6)7)25-16-14-20(4)18-22(8,9)10/h19-20H,11-18H2,1-10H3. The quantitative estimate of drug-likeness (QED) is 0.338. The van der Waals surface area contributed by atoms with Crippen LogP contribution in [0.15, 0.2) is 0 Å². The molecule has 2 heteroatoms. The van der Waals surface area contributed by atoms with E-state index in [2.05, 4.69) is 69.2 Å². The minimum absolute atomic E-state index is 0.386. The lowest BCUT2D eigenvalue weighted by atomic mass is 9.84. The molecule has 2 unspecified atom stereocenters. The number of rotatable bonds is 12. The van der Waals surface area contributed by atoms with Gasteiger partial charge in [-0.2, -0.15) is 0 Å². The third-order valence-electron chi connectivity index (χ3n) is 4.95. The number of hydrogen-bond acceptors (Lipinski definition) is 2. The van der Waals surface area contributed by atoms with Crippen molar-refractivity contribution in [2.24, 2.45) is 22.7 Å². The molecule has 0 fully saturated rings. The van der Waals surface area contributed by atoms with E-state index in [1.54, 1.807) is 0 Å². The van der Waals surface area contributed by atoms with Crippen molar-refractivity contribution in [2.45, 2.75) is 114 Å². The molecule has 0 rings (SSSR count). The van der Waals surface area contributed by atoms with Crippen LogP contribution in [0.25, 0.3) is 0 Å². The molecule has 0 aliphatic carbocycles. The van der Waals surface area contributed by atoms with Gasteiger partial charge in [-0.05, 0) is 61.2 Å². The Kier molecular flexibility index (Phi) is 10.9. The zero-order chi connectivity index (χ0) is 19.7. The molecule has 2 atom stereocenters. The van der Waals surface area contributed by atoms with Crippen molar-refractivity contribution in [2.75, 3.05) is 13.2 Å². The van der Waals surface area contributed by atoms with Crippen LogP contribution in [0.2, 0.25) is 0 Å². The second-order valence-corrected chi connectivity index (χ2v) is 10.6. The molecular weight excluding hydrogens is 308 g/mol. The molecule has 0 bridgehead atoms. The van der Waals surface area contributed by atoms with E-state index >= 15 is 0 Å². The van der Waals surface area contributed by atoms with E-state index in [0.717, 1.165) is 38.9 Å². The Morgan fingerprint density at radius 2 is 0.960 bits per heavy atom. The summed E-state index contributed by atoms with van der Waals surface area (Å²) in [7, 11) is 0. The topological polar surface area (TPSA) is 18.5 Å². The van der Waals surface area contributed by atoms with E-state index in [-0.39, 0.29) is 5.79 Å². The lowest BCUT2D eigenvalue weighted by Gasteiger charge is -2.33. The van der Waals surface area contributed by atoms with Crippen molar-refractivity contribution in [3.05, 3.63) is 0 Å². The largest absolute Gasteiger partial charge is 0.350 e. The van der Waals surface area contributed by atoms with E-state index in [0.29, 0.717) is 22.7 Å². The molecule has 0 aliphatic heterocycles. The summed E-state index contributed by atoms with van der Waals surface area (Å²) in [6, 6.07) is 0. The van der Waals surface area contributed by atoms with Gasteiger partial charge in [0.2, 0.25) is 0 Å². The summed E-state index contributed by atoms with van der Waals surface area (Å²) in [6.07, 6.45) is 6.56. The van der Waals surface area contributed by atoms with Gasteiger partial charge in [0.05, 0.1) is 13.2 Å². The molecule has 25 heavy (non-hydrogen) atoms. The molecule has 0 aromatic heterocycles. The van der Waals surface area contributed by atoms with Crippen LogP contribution in [0.3, 0.4) is 0 Å². The molecule has 0 N–H and O–H groups in total. The van der Waals surface area contributed by atoms with Crippen LogP contribution in [0.4, 0.5) is 0 Å². The molecule has 152 valence electrons. The molecule has 0 aliphatic rings. The highest BCUT2D eigenvalue weighted by Crippen LogP contribution is 2.29. The average Bonchev–Trinajstić information content (AvgIpc) is 2.41. The third kappa shape index (κ3) is 12.8. The minimum Gasteiger partial charge on any atom is -0.350 e. The van der Waals surface area contributed by atoms with Crippen molar-refractivity contribution in [1.82, 2.24) is 0 Å². The monoisotopic (exact) mass is 356 g/mol. The van der Waals surface area contributed by atoms with Gasteiger partial charge in [-0.15, -0.1) is 0 Å². The third-order valence-corrected chi connectivity index (χ3v) is 4.95. The Bertz CT molecular complexity index is 301. The molecule has 0 saturated carbocycles. The van der Waals surface area contributed by atoms with Crippen LogP contribution in [0.5, 0.6) is 0 Å². The maximum absolute atomic E-state index is 6.27. The van der Waals surface area contributed by atoms with Gasteiger partial charge < -0.3 is 9.47 Å². The number of hydrogen-bond donors (Lipinski definition) is 0. The Morgan fingerprint density at radius 1 is 0.640 bits per heavy atom. The summed E-state index contributed by atoms with van der Waals surface area (Å²) >= 11 is 0. The summed E-state index contributed by atoms with van der Waals surface area (Å²) in [5.74, 6) is 1.000. The fourth-order valence-electron chi connectivity index (χ4n) is 3.89. The first-order valence-electron chi connectivity index (χ1n) is 10.6. The molecule has 0 saturated heterocycles. The summed E-state index contributed by atoms with van der Waals surface area (Å²) in [6.45, 7) is 24.5. The maximum Gasteiger partial charge on any atom is 0.167 e. The van der Waals surface area contributed by atoms with Gasteiger partial charge in [-0.1, -0.05) is 69.2 Å². The van der Waals surface area contributed by atoms with Gasteiger partial charge in [0.25, 0.3) is 0 Å². The van der Waals surface area contributed by atoms with Crippen LogP contribution in [-0.4, -0.2) is 19.0 Å². The molecule has 0 aromatic rings. The molecule has 0 aromatic carbocycles. The van der Waals surface area contributed by atoms with Crippen molar-refractivity contribution >= 4 is 0 Å². The first kappa shape index (κ1) is 24.9. The van der Waals surface area contributed by atoms with Gasteiger partial charge in [-0.25, -0.2) is 0 Å². The summed E-state index contributed by atoms with van der Waals surface area (Å²) in [4.78, 5) is 0. The van der Waals surface area contributed by atoms with E-state index in [9.17, 15) is 0 Å². The highest BCUT2D eigenvalue weighted by Gasteiger charge is 2.28. The Hall–Kier alpha value is -0.0800. The summed E-state index contributed by atoms with van der Waals surface area (Å²) in [5, 5.41) is 0. The van der Waals surface area contributed by atoms with Crippen LogP contribution in [-0.2, 0) is 9.47 Å². The Balaban J connectivity index is 4.31. The van der Waals surface area contributed by atoms with Crippen molar-refractivity contribution < 1.29 is 9.47 Å². The van der Waals surface area contributed by atoms with Crippen LogP contribution in [0, 0.1) is 22.7 Å². The Labute approximate surface area is 159 Å². The van der Waals surface area contributed by atoms with Crippen molar-refractivity contribution in [3.63, 3.8) is 0 Å². The molecule has 0 spiro atoms. The van der Waals surface area contributed by atoms with Crippen molar-refractivity contribution in [1.29, 1.82) is 0 Å². The van der Waals surface area contributed by atoms with Gasteiger partial charge >= 0.3 is 0 Å². The summed E-state index contributed by atoms with van der Waals surface area (Å²) in [5.41, 5.74) is 0.789. The molecule has 0 heterocycles. The maximum atomic E-state index is 6.27. The Morgan fingerprint density at radius 3 is 1.20 bits per heavy atom. The molecule has 0 amide bonds. The summed E-state index contributed by atoms with van der Waals surface area (Å²) < 4.78 is 12.5. The molecular formula is C23H48O2. The highest BCUT2D eigenvalue weighted by atomic mass is 16.7. The second-order valence-electron chi connectivity index (χ2n) is 10.6. The predicted molar refractivity (Wildman–Crippen MR) is 111 cm³/mol. The minimum atomic E-state index is -0.386. The lowest BCUT2D eigenvalue weighted by molar-refractivity contribution is -0.243. The van der Waals surface area contributed by atoms with E-state index in [4.69, 9.17) is 9.47 Å². The SMILES string of the molecule is CCC(CC)(OCCC(C)CC(C)(C)C)OCCC(C)CC(C)(C)C. The smallest absolute Gasteiger partial charge is 0.167 e. The van der Waals surface area contributed by atoms with Crippen molar-refractivity contribution in [3.8, 4) is 0 Å². The van der Waals surface area contributed by atoms with E-state index in [1.807, 2.05) is 0 Å². The van der Waals surface area contributed by atoms with Gasteiger partial charge in [0, 0.05) is 0 Å². The van der Waals surface area contributed by atoms with Crippen LogP contribution in [0.1, 0.15) is 108 Å². The first-order chi connectivity index (χ1) is 11.3. The zero-order valence-corrected chi connectivity index (χ0v) is 19.1. The molecule has 0 radical (unpaired) electrons. The fourth-order valence-corrected chi connectivity index (χ4v) is 3.89. The highest BCUT2D eigenvalue weighted by molar-refractivity contribution is 4.70. The van der Waals surface area contributed by atoms with Gasteiger partial charge in [-0.3, -0.25) is 0 Å². The predicted octanol–water partition coefficient (Wildman–Crippen LogP) is 7.46. The van der Waals surface area contributed by atoms with Gasteiger partial charge in [0.15, 0.2) is 5.79 Å². The fraction of sp³-hybridized carbons (Fsp3) is 1.00. The average molecular weight is 357 g/mol. The number of ether oxygens (including phenoxy) is 2. The van der Waals surface area contributed by atoms with Crippen LogP contribution >= 0.6 is 0 Å². The zero-order valence-electron chi connectivity index (χ0n) is 19.1. The second kappa shape index (κ2) is 10.9. The molecule has 2 nitrogen and oxygen atoms in total. The van der Waals surface area contributed by atoms with Crippen LogP contribution < -0.4 is 0 Å². The first-order valence-corrected chi connectivity index (χ1v) is 10.6.